The molecule has 0 bridgehead atoms. The number of aliphatic hydroxyl groups excluding tert-OH is 2. The Balaban J connectivity index is 0.000000178. The van der Waals surface area contributed by atoms with Gasteiger partial charge in [-0.15, -0.1) is 0 Å². The lowest BCUT2D eigenvalue weighted by atomic mass is 10.1. The number of pyridine rings is 2. The SMILES string of the molecule is COCCOc1ccnc2ccc(/C=C3\SC(=N[C@@H](CO)c4ccccc4)NC3=O)cc12.COCCOc1ccnc2ccc(C=O)cc12.O=C1CSC(=N[C@@H](CO)c2ccccc2)N1. The van der Waals surface area contributed by atoms with Gasteiger partial charge >= 0.3 is 0 Å². The number of aliphatic hydroxyl groups is 2. The molecule has 15 nitrogen and oxygen atoms in total. The van der Waals surface area contributed by atoms with E-state index in [0.29, 0.717) is 58.7 Å². The third kappa shape index (κ3) is 14.0. The van der Waals surface area contributed by atoms with Crippen molar-refractivity contribution >= 4 is 79.8 Å². The summed E-state index contributed by atoms with van der Waals surface area (Å²) < 4.78 is 21.4. The summed E-state index contributed by atoms with van der Waals surface area (Å²) in [4.78, 5) is 52.2. The molecular weight excluding hydrogens is 869 g/mol. The maximum atomic E-state index is 12.5. The number of nitrogens with zero attached hydrogens (tertiary/aromatic N) is 4. The lowest BCUT2D eigenvalue weighted by Gasteiger charge is -2.10. The molecule has 2 amide bonds. The van der Waals surface area contributed by atoms with Crippen LogP contribution in [0.5, 0.6) is 11.5 Å². The summed E-state index contributed by atoms with van der Waals surface area (Å²) >= 11 is 2.62. The molecule has 0 radical (unpaired) electrons. The molecular formula is C48H48N6O9S2. The third-order valence-electron chi connectivity index (χ3n) is 9.47. The standard InChI is InChI=1S/C24H23N3O4S.C13H13NO3.C11H12N2O2S/c1-30-11-12-31-21-9-10-25-19-8-7-16(13-18(19)21)14-22-23(29)27-24(32-22)26-20(15-28)17-5-3-2-4-6-17;1-16-6-7-17-13-4-5-14-12-3-2-10(9-15)8-11(12)13;14-6-9(8-4-2-1-3-5-8)12-11-13-10(15)7-16-11/h2-10,13-14,20,28H,11-12,15H2,1H3,(H,26,27,29);2-5,8-9H,6-7H2,1H3;1-5,9,14H,6-7H2,(H,12,13,15)/b22-14-;;/t20-;;9-/m0.0/s1. The zero-order valence-corrected chi connectivity index (χ0v) is 37.3. The molecule has 0 unspecified atom stereocenters. The number of carbonyl (C=O) groups is 3. The average molecular weight is 917 g/mol. The summed E-state index contributed by atoms with van der Waals surface area (Å²) in [6.45, 7) is 1.71. The van der Waals surface area contributed by atoms with Gasteiger partial charge in [0.2, 0.25) is 5.91 Å². The van der Waals surface area contributed by atoms with Crippen LogP contribution in [0.1, 0.15) is 39.1 Å². The van der Waals surface area contributed by atoms with E-state index in [-0.39, 0.29) is 31.1 Å². The molecule has 2 saturated heterocycles. The highest BCUT2D eigenvalue weighted by Crippen LogP contribution is 2.31. The van der Waals surface area contributed by atoms with Gasteiger partial charge in [0.15, 0.2) is 10.3 Å². The second kappa shape index (κ2) is 25.1. The molecule has 8 rings (SSSR count). The van der Waals surface area contributed by atoms with Crippen molar-refractivity contribution in [1.29, 1.82) is 0 Å². The minimum absolute atomic E-state index is 0.0338. The van der Waals surface area contributed by atoms with Crippen LogP contribution >= 0.6 is 23.5 Å². The zero-order chi connectivity index (χ0) is 45.8. The van der Waals surface area contributed by atoms with Gasteiger partial charge in [-0.25, -0.2) is 0 Å². The Labute approximate surface area is 384 Å². The highest BCUT2D eigenvalue weighted by Gasteiger charge is 2.25. The predicted molar refractivity (Wildman–Crippen MR) is 255 cm³/mol. The highest BCUT2D eigenvalue weighted by molar-refractivity contribution is 8.18. The van der Waals surface area contributed by atoms with E-state index in [9.17, 15) is 24.6 Å². The Morgan fingerprint density at radius 2 is 1.20 bits per heavy atom. The smallest absolute Gasteiger partial charge is 0.264 e. The summed E-state index contributed by atoms with van der Waals surface area (Å²) in [6.07, 6.45) is 6.01. The zero-order valence-electron chi connectivity index (χ0n) is 35.7. The molecule has 336 valence electrons. The lowest BCUT2D eigenvalue weighted by molar-refractivity contribution is -0.117. The Hall–Kier alpha value is -6.47. The first kappa shape index (κ1) is 48.0. The molecule has 17 heteroatoms. The minimum atomic E-state index is -0.433. The molecule has 2 atom stereocenters. The van der Waals surface area contributed by atoms with Gasteiger partial charge in [0.05, 0.1) is 48.1 Å². The number of aldehydes is 1. The number of benzene rings is 4. The highest BCUT2D eigenvalue weighted by atomic mass is 32.2. The van der Waals surface area contributed by atoms with Crippen LogP contribution in [0, 0.1) is 0 Å². The summed E-state index contributed by atoms with van der Waals surface area (Å²) in [5, 5.41) is 27.2. The topological polar surface area (TPSA) is 203 Å². The molecule has 2 fully saturated rings. The number of rotatable bonds is 16. The number of aliphatic imine (C=N–C) groups is 2. The fourth-order valence-corrected chi connectivity index (χ4v) is 7.87. The Morgan fingerprint density at radius 1 is 0.677 bits per heavy atom. The molecule has 2 aromatic heterocycles. The molecule has 6 aromatic rings. The van der Waals surface area contributed by atoms with Crippen molar-refractivity contribution < 1.29 is 43.5 Å². The van der Waals surface area contributed by atoms with E-state index < -0.39 is 6.04 Å². The van der Waals surface area contributed by atoms with Gasteiger partial charge in [0.25, 0.3) is 5.91 Å². The van der Waals surface area contributed by atoms with Crippen molar-refractivity contribution in [1.82, 2.24) is 20.6 Å². The van der Waals surface area contributed by atoms with Gasteiger partial charge in [-0.3, -0.25) is 34.3 Å². The Bertz CT molecular complexity index is 2630. The van der Waals surface area contributed by atoms with Crippen molar-refractivity contribution in [3.63, 3.8) is 0 Å². The largest absolute Gasteiger partial charge is 0.490 e. The van der Waals surface area contributed by atoms with Crippen molar-refractivity contribution in [3.05, 3.63) is 149 Å². The predicted octanol–water partition coefficient (Wildman–Crippen LogP) is 6.57. The number of amidine groups is 2. The van der Waals surface area contributed by atoms with Crippen LogP contribution in [0.2, 0.25) is 0 Å². The normalized spacial score (nSPS) is 16.0. The van der Waals surface area contributed by atoms with Gasteiger partial charge in [0, 0.05) is 42.9 Å². The molecule has 0 spiro atoms. The van der Waals surface area contributed by atoms with Crippen LogP contribution in [0.15, 0.2) is 136 Å². The molecule has 4 N–H and O–H groups in total. The first-order valence-corrected chi connectivity index (χ1v) is 22.2. The number of thioether (sulfide) groups is 2. The summed E-state index contributed by atoms with van der Waals surface area (Å²) in [5.41, 5.74) is 4.91. The van der Waals surface area contributed by atoms with Gasteiger partial charge < -0.3 is 39.8 Å². The maximum Gasteiger partial charge on any atom is 0.264 e. The number of carbonyl (C=O) groups excluding carboxylic acids is 3. The van der Waals surface area contributed by atoms with Crippen LogP contribution in [0.25, 0.3) is 27.9 Å². The minimum Gasteiger partial charge on any atom is -0.490 e. The second-order valence-corrected chi connectivity index (χ2v) is 16.0. The molecule has 4 aromatic carbocycles. The quantitative estimate of drug-likeness (QED) is 0.0462. The first-order valence-electron chi connectivity index (χ1n) is 20.4. The van der Waals surface area contributed by atoms with E-state index in [1.165, 1.54) is 23.5 Å². The lowest BCUT2D eigenvalue weighted by Crippen LogP contribution is -2.21. The summed E-state index contributed by atoms with van der Waals surface area (Å²) in [7, 11) is 3.25. The van der Waals surface area contributed by atoms with Gasteiger partial charge in [-0.1, -0.05) is 78.5 Å². The van der Waals surface area contributed by atoms with E-state index in [2.05, 4.69) is 30.6 Å². The van der Waals surface area contributed by atoms with E-state index in [1.54, 1.807) is 44.8 Å². The number of methoxy groups -OCH3 is 2. The number of ether oxygens (including phenoxy) is 4. The van der Waals surface area contributed by atoms with Crippen molar-refractivity contribution in [2.75, 3.05) is 59.6 Å². The molecule has 4 heterocycles. The van der Waals surface area contributed by atoms with Gasteiger partial charge in [-0.2, -0.15) is 0 Å². The van der Waals surface area contributed by atoms with Gasteiger partial charge in [-0.05, 0) is 77.0 Å². The monoisotopic (exact) mass is 916 g/mol. The van der Waals surface area contributed by atoms with Crippen LogP contribution in [-0.2, 0) is 19.1 Å². The van der Waals surface area contributed by atoms with E-state index >= 15 is 0 Å². The summed E-state index contributed by atoms with van der Waals surface area (Å²) in [5.74, 6) is 1.59. The maximum absolute atomic E-state index is 12.5. The second-order valence-electron chi connectivity index (χ2n) is 14.0. The fraction of sp³-hybridized carbons (Fsp3) is 0.229. The van der Waals surface area contributed by atoms with Crippen molar-refractivity contribution in [3.8, 4) is 11.5 Å². The molecule has 0 aliphatic carbocycles. The van der Waals surface area contributed by atoms with E-state index in [4.69, 9.17) is 18.9 Å². The molecule has 2 aliphatic rings. The number of hydrogen-bond acceptors (Lipinski definition) is 15. The van der Waals surface area contributed by atoms with Crippen LogP contribution in [0.3, 0.4) is 0 Å². The first-order chi connectivity index (χ1) is 31.8. The van der Waals surface area contributed by atoms with E-state index in [0.717, 1.165) is 50.5 Å². The molecule has 2 aliphatic heterocycles. The van der Waals surface area contributed by atoms with Crippen molar-refractivity contribution in [2.24, 2.45) is 9.98 Å². The van der Waals surface area contributed by atoms with Gasteiger partial charge in [0.1, 0.15) is 43.1 Å². The van der Waals surface area contributed by atoms with Crippen LogP contribution < -0.4 is 20.1 Å². The van der Waals surface area contributed by atoms with Crippen LogP contribution in [-0.4, -0.2) is 108 Å². The van der Waals surface area contributed by atoms with E-state index in [1.807, 2.05) is 97.1 Å². The van der Waals surface area contributed by atoms with Crippen molar-refractivity contribution in [2.45, 2.75) is 12.1 Å². The fourth-order valence-electron chi connectivity index (χ4n) is 6.27. The Morgan fingerprint density at radius 3 is 1.69 bits per heavy atom. The average Bonchev–Trinajstić information content (AvgIpc) is 3.93. The third-order valence-corrected chi connectivity index (χ3v) is 11.3. The molecule has 65 heavy (non-hydrogen) atoms. The number of hydrogen-bond donors (Lipinski definition) is 4. The number of amides is 2. The number of aromatic nitrogens is 2. The Kier molecular flexibility index (Phi) is 18.6. The molecule has 0 saturated carbocycles. The van der Waals surface area contributed by atoms with Crippen LogP contribution in [0.4, 0.5) is 0 Å². The summed E-state index contributed by atoms with van der Waals surface area (Å²) in [6, 6.07) is 33.0. The number of nitrogens with one attached hydrogen (secondary N) is 2. The number of fused-ring (bicyclic) bond motifs is 2.